The fourth-order valence-electron chi connectivity index (χ4n) is 1.80. The molecule has 1 aromatic carbocycles. The van der Waals surface area contributed by atoms with Crippen molar-refractivity contribution in [3.05, 3.63) is 41.6 Å². The van der Waals surface area contributed by atoms with E-state index in [0.717, 1.165) is 5.56 Å². The van der Waals surface area contributed by atoms with Gasteiger partial charge in [-0.15, -0.1) is 0 Å². The zero-order valence-corrected chi connectivity index (χ0v) is 12.8. The second-order valence-electron chi connectivity index (χ2n) is 5.18. The monoisotopic (exact) mass is 304 g/mol. The number of carboxylic acid groups (broad SMARTS) is 1. The molecule has 0 saturated heterocycles. The fourth-order valence-corrected chi connectivity index (χ4v) is 1.80. The van der Waals surface area contributed by atoms with E-state index in [9.17, 15) is 14.4 Å². The van der Waals surface area contributed by atoms with Crippen LogP contribution in [0.3, 0.4) is 0 Å². The van der Waals surface area contributed by atoms with Gasteiger partial charge in [-0.25, -0.2) is 4.79 Å². The summed E-state index contributed by atoms with van der Waals surface area (Å²) in [5.74, 6) is -2.45. The third kappa shape index (κ3) is 5.40. The van der Waals surface area contributed by atoms with E-state index in [2.05, 4.69) is 10.6 Å². The molecule has 1 atom stereocenters. The van der Waals surface area contributed by atoms with Gasteiger partial charge in [-0.2, -0.15) is 0 Å². The van der Waals surface area contributed by atoms with Gasteiger partial charge in [0.05, 0.1) is 0 Å². The van der Waals surface area contributed by atoms with Gasteiger partial charge in [0.15, 0.2) is 0 Å². The first kappa shape index (κ1) is 17.4. The number of aliphatic carboxylic acids is 1. The lowest BCUT2D eigenvalue weighted by atomic mass is 10.0. The molecule has 0 radical (unpaired) electrons. The van der Waals surface area contributed by atoms with Crippen LogP contribution in [-0.2, 0) is 14.4 Å². The summed E-state index contributed by atoms with van der Waals surface area (Å²) in [5, 5.41) is 14.0. The number of nitrogens with one attached hydrogen (secondary N) is 2. The minimum absolute atomic E-state index is 0.00519. The van der Waals surface area contributed by atoms with E-state index in [1.165, 1.54) is 13.0 Å². The first-order valence-corrected chi connectivity index (χ1v) is 6.89. The van der Waals surface area contributed by atoms with Crippen molar-refractivity contribution >= 4 is 23.9 Å². The first-order valence-electron chi connectivity index (χ1n) is 6.89. The van der Waals surface area contributed by atoms with Gasteiger partial charge in [-0.05, 0) is 17.6 Å². The average molecular weight is 304 g/mol. The Morgan fingerprint density at radius 2 is 1.73 bits per heavy atom. The van der Waals surface area contributed by atoms with Gasteiger partial charge in [0.2, 0.25) is 5.91 Å². The first-order chi connectivity index (χ1) is 10.3. The van der Waals surface area contributed by atoms with Gasteiger partial charge < -0.3 is 15.7 Å². The Kier molecular flexibility index (Phi) is 6.31. The summed E-state index contributed by atoms with van der Waals surface area (Å²) in [5.41, 5.74) is 0.725. The number of amides is 2. The highest BCUT2D eigenvalue weighted by atomic mass is 16.4. The molecule has 118 valence electrons. The number of benzene rings is 1. The Bertz CT molecular complexity index is 579. The minimum atomic E-state index is -1.12. The molecule has 6 nitrogen and oxygen atoms in total. The SMILES string of the molecule is CC(=O)N/C(=C/c1ccccc1)C(=O)N[C@H](C(=O)O)C(C)C. The summed E-state index contributed by atoms with van der Waals surface area (Å²) in [6, 6.07) is 7.93. The predicted molar refractivity (Wildman–Crippen MR) is 82.6 cm³/mol. The van der Waals surface area contributed by atoms with Crippen molar-refractivity contribution in [2.45, 2.75) is 26.8 Å². The third-order valence-electron chi connectivity index (χ3n) is 2.89. The lowest BCUT2D eigenvalue weighted by Crippen LogP contribution is -2.46. The Labute approximate surface area is 129 Å². The maximum atomic E-state index is 12.2. The van der Waals surface area contributed by atoms with Gasteiger partial charge in [-0.1, -0.05) is 44.2 Å². The second kappa shape index (κ2) is 7.97. The van der Waals surface area contributed by atoms with Crippen LogP contribution < -0.4 is 10.6 Å². The topological polar surface area (TPSA) is 95.5 Å². The van der Waals surface area contributed by atoms with Gasteiger partial charge in [0, 0.05) is 6.92 Å². The average Bonchev–Trinajstić information content (AvgIpc) is 2.43. The molecule has 0 heterocycles. The molecule has 6 heteroatoms. The molecule has 0 aliphatic heterocycles. The molecular weight excluding hydrogens is 284 g/mol. The lowest BCUT2D eigenvalue weighted by Gasteiger charge is -2.19. The molecule has 0 saturated carbocycles. The smallest absolute Gasteiger partial charge is 0.326 e. The molecule has 2 amide bonds. The lowest BCUT2D eigenvalue weighted by molar-refractivity contribution is -0.142. The normalized spacial score (nSPS) is 12.6. The molecule has 1 rings (SSSR count). The zero-order valence-electron chi connectivity index (χ0n) is 12.8. The van der Waals surface area contributed by atoms with E-state index in [-0.39, 0.29) is 11.6 Å². The van der Waals surface area contributed by atoms with Crippen molar-refractivity contribution in [3.8, 4) is 0 Å². The van der Waals surface area contributed by atoms with E-state index in [4.69, 9.17) is 5.11 Å². The van der Waals surface area contributed by atoms with Crippen molar-refractivity contribution < 1.29 is 19.5 Å². The van der Waals surface area contributed by atoms with E-state index in [1.807, 2.05) is 6.07 Å². The largest absolute Gasteiger partial charge is 0.480 e. The molecule has 1 aromatic rings. The summed E-state index contributed by atoms with van der Waals surface area (Å²) in [6.07, 6.45) is 1.50. The molecule has 0 aliphatic rings. The number of rotatable bonds is 6. The van der Waals surface area contributed by atoms with Crippen LogP contribution in [0.2, 0.25) is 0 Å². The van der Waals surface area contributed by atoms with Gasteiger partial charge in [0.25, 0.3) is 5.91 Å². The maximum absolute atomic E-state index is 12.2. The molecule has 0 spiro atoms. The molecule has 22 heavy (non-hydrogen) atoms. The molecular formula is C16H20N2O4. The Balaban J connectivity index is 3.01. The molecule has 0 unspecified atom stereocenters. The van der Waals surface area contributed by atoms with E-state index < -0.39 is 23.8 Å². The van der Waals surface area contributed by atoms with Crippen LogP contribution in [0, 0.1) is 5.92 Å². The second-order valence-corrected chi connectivity index (χ2v) is 5.18. The summed E-state index contributed by atoms with van der Waals surface area (Å²) < 4.78 is 0. The van der Waals surface area contributed by atoms with Crippen molar-refractivity contribution in [3.63, 3.8) is 0 Å². The number of carbonyl (C=O) groups excluding carboxylic acids is 2. The summed E-state index contributed by atoms with van der Waals surface area (Å²) in [4.78, 5) is 34.7. The zero-order chi connectivity index (χ0) is 16.7. The molecule has 0 fully saturated rings. The highest BCUT2D eigenvalue weighted by Gasteiger charge is 2.25. The van der Waals surface area contributed by atoms with Gasteiger partial charge in [-0.3, -0.25) is 9.59 Å². The number of carboxylic acids is 1. The number of hydrogen-bond donors (Lipinski definition) is 3. The number of hydrogen-bond acceptors (Lipinski definition) is 3. The van der Waals surface area contributed by atoms with Crippen molar-refractivity contribution in [1.82, 2.24) is 10.6 Å². The van der Waals surface area contributed by atoms with E-state index in [1.54, 1.807) is 38.1 Å². The molecule has 0 bridgehead atoms. The summed E-state index contributed by atoms with van der Waals surface area (Å²) >= 11 is 0. The minimum Gasteiger partial charge on any atom is -0.480 e. The Morgan fingerprint density at radius 3 is 2.18 bits per heavy atom. The molecule has 0 aliphatic carbocycles. The van der Waals surface area contributed by atoms with Crippen LogP contribution in [0.4, 0.5) is 0 Å². The van der Waals surface area contributed by atoms with Gasteiger partial charge in [0.1, 0.15) is 11.7 Å². The van der Waals surface area contributed by atoms with Crippen molar-refractivity contribution in [2.75, 3.05) is 0 Å². The van der Waals surface area contributed by atoms with Crippen molar-refractivity contribution in [1.29, 1.82) is 0 Å². The molecule has 3 N–H and O–H groups in total. The predicted octanol–water partition coefficient (Wildman–Crippen LogP) is 1.39. The van der Waals surface area contributed by atoms with Crippen LogP contribution >= 0.6 is 0 Å². The fraction of sp³-hybridized carbons (Fsp3) is 0.312. The van der Waals surface area contributed by atoms with Gasteiger partial charge >= 0.3 is 5.97 Å². The third-order valence-corrected chi connectivity index (χ3v) is 2.89. The Morgan fingerprint density at radius 1 is 1.14 bits per heavy atom. The van der Waals surface area contributed by atoms with Crippen LogP contribution in [0.25, 0.3) is 6.08 Å². The maximum Gasteiger partial charge on any atom is 0.326 e. The Hall–Kier alpha value is -2.63. The number of carbonyl (C=O) groups is 3. The quantitative estimate of drug-likeness (QED) is 0.692. The van der Waals surface area contributed by atoms with Crippen LogP contribution in [0.1, 0.15) is 26.3 Å². The highest BCUT2D eigenvalue weighted by molar-refractivity contribution is 6.02. The summed E-state index contributed by atoms with van der Waals surface area (Å²) in [6.45, 7) is 4.67. The van der Waals surface area contributed by atoms with Crippen molar-refractivity contribution in [2.24, 2.45) is 5.92 Å². The van der Waals surface area contributed by atoms with E-state index in [0.29, 0.717) is 0 Å². The standard InChI is InChI=1S/C16H20N2O4/c1-10(2)14(16(21)22)18-15(20)13(17-11(3)19)9-12-7-5-4-6-8-12/h4-10,14H,1-3H3,(H,17,19)(H,18,20)(H,21,22)/b13-9+/t14-/m0/s1. The van der Waals surface area contributed by atoms with Crippen LogP contribution in [-0.4, -0.2) is 28.9 Å². The summed E-state index contributed by atoms with van der Waals surface area (Å²) in [7, 11) is 0. The van der Waals surface area contributed by atoms with Crippen LogP contribution in [0.5, 0.6) is 0 Å². The molecule has 0 aromatic heterocycles. The van der Waals surface area contributed by atoms with Crippen LogP contribution in [0.15, 0.2) is 36.0 Å². The highest BCUT2D eigenvalue weighted by Crippen LogP contribution is 2.07. The van der Waals surface area contributed by atoms with E-state index >= 15 is 0 Å².